The first kappa shape index (κ1) is 13.4. The molecule has 0 fully saturated rings. The maximum atomic E-state index is 12.6. The van der Waals surface area contributed by atoms with Crippen LogP contribution in [-0.4, -0.2) is 4.98 Å². The Bertz CT molecular complexity index is 459. The lowest BCUT2D eigenvalue weighted by molar-refractivity contribution is -0.139. The molecule has 0 saturated carbocycles. The first-order valence-electron chi connectivity index (χ1n) is 4.50. The van der Waals surface area contributed by atoms with Crippen LogP contribution in [-0.2, 0) is 12.6 Å². The van der Waals surface area contributed by atoms with Crippen LogP contribution in [0, 0.1) is 18.3 Å². The number of aryl methyl sites for hydroxylation is 1. The summed E-state index contributed by atoms with van der Waals surface area (Å²) in [4.78, 5) is 3.56. The third-order valence-electron chi connectivity index (χ3n) is 2.09. The number of hydrogen-bond acceptors (Lipinski definition) is 2. The lowest BCUT2D eigenvalue weighted by Crippen LogP contribution is -2.13. The van der Waals surface area contributed by atoms with Crippen LogP contribution in [0.3, 0.4) is 0 Å². The number of aromatic nitrogens is 1. The molecule has 0 radical (unpaired) electrons. The molecule has 0 atom stereocenters. The standard InChI is InChI=1S/C10H7F5N2/c1-5-8(9(11)12)7(10(13,14)15)4-6(17-5)2-3-16/h4,9H,2H2,1H3. The van der Waals surface area contributed by atoms with Gasteiger partial charge >= 0.3 is 6.18 Å². The van der Waals surface area contributed by atoms with Crippen molar-refractivity contribution in [2.75, 3.05) is 0 Å². The van der Waals surface area contributed by atoms with Crippen LogP contribution in [0.1, 0.15) is 28.9 Å². The molecular weight excluding hydrogens is 243 g/mol. The quantitative estimate of drug-likeness (QED) is 0.754. The molecule has 0 aliphatic rings. The van der Waals surface area contributed by atoms with Gasteiger partial charge in [-0.2, -0.15) is 18.4 Å². The number of nitrogens with zero attached hydrogens (tertiary/aromatic N) is 2. The van der Waals surface area contributed by atoms with Crippen molar-refractivity contribution in [3.05, 3.63) is 28.6 Å². The minimum atomic E-state index is -4.89. The predicted octanol–water partition coefficient (Wildman–Crippen LogP) is 3.41. The first-order valence-corrected chi connectivity index (χ1v) is 4.50. The van der Waals surface area contributed by atoms with E-state index in [0.29, 0.717) is 6.07 Å². The van der Waals surface area contributed by atoms with Crippen LogP contribution >= 0.6 is 0 Å². The van der Waals surface area contributed by atoms with Gasteiger partial charge in [0, 0.05) is 5.69 Å². The molecule has 1 heterocycles. The van der Waals surface area contributed by atoms with E-state index in [-0.39, 0.29) is 12.1 Å². The fraction of sp³-hybridized carbons (Fsp3) is 0.400. The summed E-state index contributed by atoms with van der Waals surface area (Å²) in [5.74, 6) is 0. The van der Waals surface area contributed by atoms with Gasteiger partial charge in [0.2, 0.25) is 0 Å². The summed E-state index contributed by atoms with van der Waals surface area (Å²) in [5.41, 5.74) is -3.12. The van der Waals surface area contributed by atoms with Crippen LogP contribution in [0.25, 0.3) is 0 Å². The van der Waals surface area contributed by atoms with Gasteiger partial charge in [-0.3, -0.25) is 4.98 Å². The van der Waals surface area contributed by atoms with Crippen LogP contribution in [0.4, 0.5) is 22.0 Å². The maximum Gasteiger partial charge on any atom is 0.417 e. The third kappa shape index (κ3) is 2.90. The lowest BCUT2D eigenvalue weighted by Gasteiger charge is -2.15. The number of halogens is 5. The molecule has 0 aliphatic heterocycles. The number of hydrogen-bond donors (Lipinski definition) is 0. The normalized spacial score (nSPS) is 11.6. The van der Waals surface area contributed by atoms with Gasteiger partial charge in [0.25, 0.3) is 6.43 Å². The number of nitriles is 1. The van der Waals surface area contributed by atoms with Gasteiger partial charge < -0.3 is 0 Å². The zero-order valence-corrected chi connectivity index (χ0v) is 8.65. The van der Waals surface area contributed by atoms with Crippen LogP contribution in [0.15, 0.2) is 6.07 Å². The van der Waals surface area contributed by atoms with Crippen molar-refractivity contribution in [2.45, 2.75) is 25.9 Å². The fourth-order valence-electron chi connectivity index (χ4n) is 1.43. The van der Waals surface area contributed by atoms with Crippen molar-refractivity contribution < 1.29 is 22.0 Å². The Hall–Kier alpha value is -1.71. The van der Waals surface area contributed by atoms with E-state index in [9.17, 15) is 22.0 Å². The SMILES string of the molecule is Cc1nc(CC#N)cc(C(F)(F)F)c1C(F)F. The van der Waals surface area contributed by atoms with Gasteiger partial charge in [0.05, 0.1) is 29.3 Å². The molecule has 1 aromatic rings. The summed E-state index contributed by atoms with van der Waals surface area (Å²) < 4.78 is 62.8. The summed E-state index contributed by atoms with van der Waals surface area (Å²) in [6.45, 7) is 1.07. The Morgan fingerprint density at radius 2 is 2.00 bits per heavy atom. The molecule has 7 heteroatoms. The Morgan fingerprint density at radius 1 is 1.41 bits per heavy atom. The molecule has 0 saturated heterocycles. The molecule has 0 bridgehead atoms. The van der Waals surface area contributed by atoms with E-state index >= 15 is 0 Å². The monoisotopic (exact) mass is 250 g/mol. The smallest absolute Gasteiger partial charge is 0.257 e. The fourth-order valence-corrected chi connectivity index (χ4v) is 1.43. The molecule has 0 spiro atoms. The van der Waals surface area contributed by atoms with E-state index in [1.165, 1.54) is 0 Å². The summed E-state index contributed by atoms with van der Waals surface area (Å²) in [6, 6.07) is 2.12. The van der Waals surface area contributed by atoms with E-state index in [4.69, 9.17) is 5.26 Å². The average Bonchev–Trinajstić information content (AvgIpc) is 2.15. The predicted molar refractivity (Wildman–Crippen MR) is 48.3 cm³/mol. The highest BCUT2D eigenvalue weighted by molar-refractivity contribution is 5.36. The molecule has 0 unspecified atom stereocenters. The summed E-state index contributed by atoms with van der Waals surface area (Å²) in [7, 11) is 0. The van der Waals surface area contributed by atoms with E-state index < -0.39 is 29.4 Å². The minimum Gasteiger partial charge on any atom is -0.257 e. The van der Waals surface area contributed by atoms with E-state index in [0.717, 1.165) is 6.92 Å². The average molecular weight is 250 g/mol. The summed E-state index contributed by atoms with van der Waals surface area (Å²) in [6.07, 6.45) is -8.49. The topological polar surface area (TPSA) is 36.7 Å². The zero-order chi connectivity index (χ0) is 13.2. The van der Waals surface area contributed by atoms with E-state index in [1.807, 2.05) is 0 Å². The van der Waals surface area contributed by atoms with Crippen LogP contribution in [0.5, 0.6) is 0 Å². The molecule has 0 aliphatic carbocycles. The maximum absolute atomic E-state index is 12.6. The molecule has 17 heavy (non-hydrogen) atoms. The van der Waals surface area contributed by atoms with Gasteiger partial charge in [-0.1, -0.05) is 0 Å². The molecule has 92 valence electrons. The first-order chi connectivity index (χ1) is 7.77. The van der Waals surface area contributed by atoms with Crippen LogP contribution < -0.4 is 0 Å². The minimum absolute atomic E-state index is 0.165. The second kappa shape index (κ2) is 4.65. The second-order valence-electron chi connectivity index (χ2n) is 3.29. The lowest BCUT2D eigenvalue weighted by atomic mass is 10.0. The summed E-state index contributed by atoms with van der Waals surface area (Å²) in [5, 5.41) is 8.36. The number of pyridine rings is 1. The number of alkyl halides is 5. The van der Waals surface area contributed by atoms with Crippen molar-refractivity contribution in [3.63, 3.8) is 0 Å². The molecule has 0 N–H and O–H groups in total. The van der Waals surface area contributed by atoms with Crippen molar-refractivity contribution >= 4 is 0 Å². The Kier molecular flexibility index (Phi) is 3.66. The Labute approximate surface area is 93.7 Å². The Morgan fingerprint density at radius 3 is 2.41 bits per heavy atom. The molecule has 0 aromatic carbocycles. The van der Waals surface area contributed by atoms with Gasteiger partial charge in [0.15, 0.2) is 0 Å². The molecule has 1 aromatic heterocycles. The third-order valence-corrected chi connectivity index (χ3v) is 2.09. The summed E-state index contributed by atoms with van der Waals surface area (Å²) >= 11 is 0. The van der Waals surface area contributed by atoms with Gasteiger partial charge in [-0.15, -0.1) is 0 Å². The highest BCUT2D eigenvalue weighted by Crippen LogP contribution is 2.37. The zero-order valence-electron chi connectivity index (χ0n) is 8.65. The molecular formula is C10H7F5N2. The van der Waals surface area contributed by atoms with Gasteiger partial charge in [-0.25, -0.2) is 8.78 Å². The van der Waals surface area contributed by atoms with Crippen LogP contribution in [0.2, 0.25) is 0 Å². The second-order valence-corrected chi connectivity index (χ2v) is 3.29. The highest BCUT2D eigenvalue weighted by atomic mass is 19.4. The van der Waals surface area contributed by atoms with E-state index in [2.05, 4.69) is 4.98 Å². The number of rotatable bonds is 2. The molecule has 1 rings (SSSR count). The highest BCUT2D eigenvalue weighted by Gasteiger charge is 2.37. The van der Waals surface area contributed by atoms with Crippen molar-refractivity contribution in [3.8, 4) is 6.07 Å². The largest absolute Gasteiger partial charge is 0.417 e. The molecule has 2 nitrogen and oxygen atoms in total. The Balaban J connectivity index is 3.46. The van der Waals surface area contributed by atoms with Gasteiger partial charge in [-0.05, 0) is 13.0 Å². The van der Waals surface area contributed by atoms with E-state index in [1.54, 1.807) is 6.07 Å². The van der Waals surface area contributed by atoms with Gasteiger partial charge in [0.1, 0.15) is 0 Å². The van der Waals surface area contributed by atoms with Crippen molar-refractivity contribution in [2.24, 2.45) is 0 Å². The van der Waals surface area contributed by atoms with Crippen molar-refractivity contribution in [1.29, 1.82) is 5.26 Å². The molecule has 0 amide bonds. The van der Waals surface area contributed by atoms with Crippen molar-refractivity contribution in [1.82, 2.24) is 4.98 Å².